The van der Waals surface area contributed by atoms with Crippen molar-refractivity contribution < 1.29 is 9.90 Å². The first-order valence-electron chi connectivity index (χ1n) is 5.88. The van der Waals surface area contributed by atoms with Crippen LogP contribution >= 0.6 is 11.3 Å². The molecular weight excluding hydrogens is 246 g/mol. The highest BCUT2D eigenvalue weighted by molar-refractivity contribution is 7.13. The maximum atomic E-state index is 10.8. The van der Waals surface area contributed by atoms with Gasteiger partial charge in [0.15, 0.2) is 5.69 Å². The van der Waals surface area contributed by atoms with Crippen LogP contribution in [-0.2, 0) is 5.41 Å². The number of carboxylic acid groups (broad SMARTS) is 1. The molecule has 0 unspecified atom stereocenters. The van der Waals surface area contributed by atoms with Crippen LogP contribution in [0.3, 0.4) is 0 Å². The van der Waals surface area contributed by atoms with Crippen LogP contribution in [0.1, 0.15) is 35.8 Å². The molecule has 1 saturated carbocycles. The van der Waals surface area contributed by atoms with Crippen molar-refractivity contribution in [1.82, 2.24) is 4.98 Å². The van der Waals surface area contributed by atoms with E-state index in [1.54, 1.807) is 5.38 Å². The molecule has 1 heterocycles. The lowest BCUT2D eigenvalue weighted by molar-refractivity contribution is 0.0691. The Morgan fingerprint density at radius 3 is 2.50 bits per heavy atom. The molecule has 1 aromatic carbocycles. The van der Waals surface area contributed by atoms with Gasteiger partial charge in [-0.15, -0.1) is 11.3 Å². The number of benzene rings is 1. The van der Waals surface area contributed by atoms with Crippen molar-refractivity contribution in [3.8, 4) is 10.6 Å². The Balaban J connectivity index is 1.89. The summed E-state index contributed by atoms with van der Waals surface area (Å²) in [6, 6.07) is 8.32. The van der Waals surface area contributed by atoms with E-state index in [-0.39, 0.29) is 5.69 Å². The highest BCUT2D eigenvalue weighted by atomic mass is 32.1. The van der Waals surface area contributed by atoms with Gasteiger partial charge in [-0.2, -0.15) is 0 Å². The van der Waals surface area contributed by atoms with Crippen LogP contribution in [0.2, 0.25) is 0 Å². The van der Waals surface area contributed by atoms with Crippen molar-refractivity contribution in [1.29, 1.82) is 0 Å². The lowest BCUT2D eigenvalue weighted by Crippen LogP contribution is -1.98. The van der Waals surface area contributed by atoms with E-state index < -0.39 is 5.97 Å². The molecule has 1 N–H and O–H groups in total. The second-order valence-electron chi connectivity index (χ2n) is 4.98. The maximum Gasteiger partial charge on any atom is 0.355 e. The molecule has 2 aromatic rings. The number of thiazole rings is 1. The van der Waals surface area contributed by atoms with Crippen molar-refractivity contribution in [3.05, 3.63) is 40.9 Å². The van der Waals surface area contributed by atoms with E-state index in [0.717, 1.165) is 10.6 Å². The number of hydrogen-bond donors (Lipinski definition) is 1. The van der Waals surface area contributed by atoms with Crippen molar-refractivity contribution >= 4 is 17.3 Å². The first-order valence-corrected chi connectivity index (χ1v) is 6.76. The normalized spacial score (nSPS) is 16.5. The molecule has 0 radical (unpaired) electrons. The molecule has 0 spiro atoms. The molecule has 3 rings (SSSR count). The van der Waals surface area contributed by atoms with Gasteiger partial charge in [0.05, 0.1) is 0 Å². The number of hydrogen-bond acceptors (Lipinski definition) is 3. The van der Waals surface area contributed by atoms with Gasteiger partial charge >= 0.3 is 5.97 Å². The summed E-state index contributed by atoms with van der Waals surface area (Å²) in [5.74, 6) is -0.973. The molecule has 1 aromatic heterocycles. The fourth-order valence-electron chi connectivity index (χ4n) is 2.00. The molecule has 0 bridgehead atoms. The second kappa shape index (κ2) is 3.92. The largest absolute Gasteiger partial charge is 0.476 e. The zero-order valence-corrected chi connectivity index (χ0v) is 10.8. The van der Waals surface area contributed by atoms with E-state index in [1.165, 1.54) is 29.7 Å². The molecule has 3 nitrogen and oxygen atoms in total. The number of carboxylic acids is 1. The molecule has 0 atom stereocenters. The number of aromatic nitrogens is 1. The molecule has 0 saturated heterocycles. The van der Waals surface area contributed by atoms with Gasteiger partial charge in [0, 0.05) is 10.9 Å². The minimum absolute atomic E-state index is 0.119. The van der Waals surface area contributed by atoms with Crippen molar-refractivity contribution in [3.63, 3.8) is 0 Å². The van der Waals surface area contributed by atoms with Crippen molar-refractivity contribution in [2.24, 2.45) is 0 Å². The Bertz CT molecular complexity index is 597. The fourth-order valence-corrected chi connectivity index (χ4v) is 2.80. The fraction of sp³-hybridized carbons (Fsp3) is 0.286. The van der Waals surface area contributed by atoms with Crippen LogP contribution in [-0.4, -0.2) is 16.1 Å². The lowest BCUT2D eigenvalue weighted by Gasteiger charge is -2.08. The first-order chi connectivity index (χ1) is 8.58. The average Bonchev–Trinajstić information content (AvgIpc) is 2.95. The number of carbonyl (C=O) groups is 1. The Labute approximate surface area is 109 Å². The predicted molar refractivity (Wildman–Crippen MR) is 71.1 cm³/mol. The van der Waals surface area contributed by atoms with Crippen LogP contribution in [0.4, 0.5) is 0 Å². The summed E-state index contributed by atoms with van der Waals surface area (Å²) in [6.45, 7) is 2.27. The van der Waals surface area contributed by atoms with Crippen LogP contribution in [0.5, 0.6) is 0 Å². The topological polar surface area (TPSA) is 50.2 Å². The molecule has 92 valence electrons. The quantitative estimate of drug-likeness (QED) is 0.916. The maximum absolute atomic E-state index is 10.8. The van der Waals surface area contributed by atoms with Gasteiger partial charge < -0.3 is 5.11 Å². The Morgan fingerprint density at radius 2 is 2.00 bits per heavy atom. The van der Waals surface area contributed by atoms with E-state index >= 15 is 0 Å². The van der Waals surface area contributed by atoms with E-state index in [0.29, 0.717) is 5.41 Å². The monoisotopic (exact) mass is 259 g/mol. The van der Waals surface area contributed by atoms with Crippen molar-refractivity contribution in [2.75, 3.05) is 0 Å². The molecule has 18 heavy (non-hydrogen) atoms. The van der Waals surface area contributed by atoms with Gasteiger partial charge in [-0.3, -0.25) is 0 Å². The SMILES string of the molecule is CC1(c2ccc(-c3nc(C(=O)O)cs3)cc2)CC1. The highest BCUT2D eigenvalue weighted by Crippen LogP contribution is 2.47. The van der Waals surface area contributed by atoms with Crippen LogP contribution in [0.15, 0.2) is 29.6 Å². The standard InChI is InChI=1S/C14H13NO2S/c1-14(6-7-14)10-4-2-9(3-5-10)12-15-11(8-18-12)13(16)17/h2-5,8H,6-7H2,1H3,(H,16,17). The second-order valence-corrected chi connectivity index (χ2v) is 5.84. The summed E-state index contributed by atoms with van der Waals surface area (Å²) in [7, 11) is 0. The van der Waals surface area contributed by atoms with E-state index in [9.17, 15) is 4.79 Å². The molecule has 1 fully saturated rings. The molecule has 0 aliphatic heterocycles. The lowest BCUT2D eigenvalue weighted by atomic mass is 9.97. The zero-order valence-electron chi connectivity index (χ0n) is 10.0. The number of rotatable bonds is 3. The van der Waals surface area contributed by atoms with E-state index in [2.05, 4.69) is 24.0 Å². The molecule has 0 amide bonds. The molecular formula is C14H13NO2S. The van der Waals surface area contributed by atoms with Crippen LogP contribution in [0.25, 0.3) is 10.6 Å². The number of aromatic carboxylic acids is 1. The minimum atomic E-state index is -0.973. The first kappa shape index (κ1) is 11.4. The summed E-state index contributed by atoms with van der Waals surface area (Å²) < 4.78 is 0. The van der Waals surface area contributed by atoms with E-state index in [4.69, 9.17) is 5.11 Å². The summed E-state index contributed by atoms with van der Waals surface area (Å²) in [4.78, 5) is 14.9. The third-order valence-corrected chi connectivity index (χ3v) is 4.44. The Morgan fingerprint density at radius 1 is 1.33 bits per heavy atom. The van der Waals surface area contributed by atoms with Gasteiger partial charge in [-0.25, -0.2) is 9.78 Å². The summed E-state index contributed by atoms with van der Waals surface area (Å²) in [5.41, 5.74) is 2.84. The Hall–Kier alpha value is -1.68. The third kappa shape index (κ3) is 1.93. The smallest absolute Gasteiger partial charge is 0.355 e. The highest BCUT2D eigenvalue weighted by Gasteiger charge is 2.38. The van der Waals surface area contributed by atoms with Gasteiger partial charge in [0.2, 0.25) is 0 Å². The molecule has 4 heteroatoms. The predicted octanol–water partition coefficient (Wildman–Crippen LogP) is 3.56. The summed E-state index contributed by atoms with van der Waals surface area (Å²) in [5, 5.41) is 11.2. The van der Waals surface area contributed by atoms with Gasteiger partial charge in [-0.05, 0) is 23.8 Å². The molecule has 1 aliphatic rings. The minimum Gasteiger partial charge on any atom is -0.476 e. The van der Waals surface area contributed by atoms with E-state index in [1.807, 2.05) is 12.1 Å². The zero-order chi connectivity index (χ0) is 12.8. The van der Waals surface area contributed by atoms with Crippen LogP contribution in [0, 0.1) is 0 Å². The van der Waals surface area contributed by atoms with Crippen LogP contribution < -0.4 is 0 Å². The summed E-state index contributed by atoms with van der Waals surface area (Å²) in [6.07, 6.45) is 2.51. The third-order valence-electron chi connectivity index (χ3n) is 3.55. The van der Waals surface area contributed by atoms with Gasteiger partial charge in [0.1, 0.15) is 5.01 Å². The van der Waals surface area contributed by atoms with Crippen molar-refractivity contribution in [2.45, 2.75) is 25.2 Å². The average molecular weight is 259 g/mol. The number of nitrogens with zero attached hydrogens (tertiary/aromatic N) is 1. The Kier molecular flexibility index (Phi) is 2.48. The summed E-state index contributed by atoms with van der Waals surface area (Å²) >= 11 is 1.37. The molecule has 1 aliphatic carbocycles. The van der Waals surface area contributed by atoms with Gasteiger partial charge in [0.25, 0.3) is 0 Å². The van der Waals surface area contributed by atoms with Gasteiger partial charge in [-0.1, -0.05) is 31.2 Å².